The smallest absolute Gasteiger partial charge is 0.306 e. The zero-order valence-corrected chi connectivity index (χ0v) is 12.7. The van der Waals surface area contributed by atoms with Crippen LogP contribution in [0.4, 0.5) is 0 Å². The van der Waals surface area contributed by atoms with E-state index >= 15 is 0 Å². The summed E-state index contributed by atoms with van der Waals surface area (Å²) in [7, 11) is 1.50. The number of carboxylic acid groups (broad SMARTS) is 1. The lowest BCUT2D eigenvalue weighted by atomic mass is 9.87. The van der Waals surface area contributed by atoms with Crippen LogP contribution in [0, 0.1) is 11.8 Å². The number of carbonyl (C=O) groups is 2. The van der Waals surface area contributed by atoms with Crippen LogP contribution in [0.1, 0.15) is 36.7 Å². The number of fused-ring (bicyclic) bond motifs is 1. The third-order valence-electron chi connectivity index (χ3n) is 4.04. The number of ketones is 1. The monoisotopic (exact) mass is 292 g/mol. The molecule has 2 rings (SSSR count). The number of hydrogen-bond acceptors (Lipinski definition) is 4. The molecule has 114 valence electrons. The van der Waals surface area contributed by atoms with E-state index in [1.165, 1.54) is 14.0 Å². The summed E-state index contributed by atoms with van der Waals surface area (Å²) in [6.45, 7) is 5.11. The molecule has 0 spiro atoms. The second-order valence-corrected chi connectivity index (χ2v) is 5.57. The molecular formula is C16H20O5. The van der Waals surface area contributed by atoms with E-state index in [2.05, 4.69) is 0 Å². The third-order valence-corrected chi connectivity index (χ3v) is 4.04. The highest BCUT2D eigenvalue weighted by atomic mass is 16.5. The molecule has 0 saturated heterocycles. The standard InChI is InChI=1S/C16H20O5/c1-8-5-11-6-14(20-4)12(7-13(11)21-8)15(17)9(2)10(3)16(18)19/h6-10H,5H2,1-4H3,(H,18,19). The fraction of sp³-hybridized carbons (Fsp3) is 0.500. The molecule has 1 heterocycles. The van der Waals surface area contributed by atoms with Gasteiger partial charge in [-0.3, -0.25) is 9.59 Å². The molecule has 0 amide bonds. The van der Waals surface area contributed by atoms with Crippen molar-refractivity contribution in [2.75, 3.05) is 7.11 Å². The lowest BCUT2D eigenvalue weighted by Crippen LogP contribution is -2.25. The Morgan fingerprint density at radius 1 is 1.33 bits per heavy atom. The van der Waals surface area contributed by atoms with Gasteiger partial charge in [0, 0.05) is 17.9 Å². The summed E-state index contributed by atoms with van der Waals surface area (Å²) in [4.78, 5) is 23.6. The van der Waals surface area contributed by atoms with E-state index in [4.69, 9.17) is 14.6 Å². The van der Waals surface area contributed by atoms with Crippen molar-refractivity contribution < 1.29 is 24.2 Å². The summed E-state index contributed by atoms with van der Waals surface area (Å²) < 4.78 is 11.0. The minimum absolute atomic E-state index is 0.0745. The van der Waals surface area contributed by atoms with Gasteiger partial charge in [-0.15, -0.1) is 0 Å². The molecule has 1 aromatic carbocycles. The Kier molecular flexibility index (Phi) is 4.21. The molecule has 1 N–H and O–H groups in total. The van der Waals surface area contributed by atoms with Crippen molar-refractivity contribution >= 4 is 11.8 Å². The van der Waals surface area contributed by atoms with E-state index in [0.717, 1.165) is 12.0 Å². The van der Waals surface area contributed by atoms with Gasteiger partial charge in [0.05, 0.1) is 18.6 Å². The maximum atomic E-state index is 12.6. The molecule has 0 aliphatic carbocycles. The second kappa shape index (κ2) is 5.76. The van der Waals surface area contributed by atoms with E-state index in [1.807, 2.05) is 13.0 Å². The SMILES string of the molecule is COc1cc2c(cc1C(=O)C(C)C(C)C(=O)O)OC(C)C2. The lowest BCUT2D eigenvalue weighted by molar-refractivity contribution is -0.142. The first-order valence-corrected chi connectivity index (χ1v) is 6.99. The van der Waals surface area contributed by atoms with Gasteiger partial charge in [0.15, 0.2) is 5.78 Å². The molecule has 0 aromatic heterocycles. The molecule has 0 fully saturated rings. The minimum Gasteiger partial charge on any atom is -0.496 e. The number of carboxylic acids is 1. The van der Waals surface area contributed by atoms with Gasteiger partial charge in [-0.25, -0.2) is 0 Å². The molecule has 0 saturated carbocycles. The molecule has 1 aliphatic heterocycles. The van der Waals surface area contributed by atoms with E-state index < -0.39 is 17.8 Å². The van der Waals surface area contributed by atoms with Crippen LogP contribution < -0.4 is 9.47 Å². The first-order valence-electron chi connectivity index (χ1n) is 6.99. The quantitative estimate of drug-likeness (QED) is 0.844. The Bertz CT molecular complexity index is 578. The molecule has 1 aliphatic rings. The predicted molar refractivity (Wildman–Crippen MR) is 77.1 cm³/mol. The number of ether oxygens (including phenoxy) is 2. The van der Waals surface area contributed by atoms with Crippen LogP contribution in [-0.2, 0) is 11.2 Å². The molecule has 0 bridgehead atoms. The molecule has 1 aromatic rings. The number of Topliss-reactive ketones (excluding diaryl/α,β-unsaturated/α-hetero) is 1. The zero-order chi connectivity index (χ0) is 15.7. The Labute approximate surface area is 123 Å². The largest absolute Gasteiger partial charge is 0.496 e. The van der Waals surface area contributed by atoms with Crippen molar-refractivity contribution in [1.29, 1.82) is 0 Å². The topological polar surface area (TPSA) is 72.8 Å². The number of carbonyl (C=O) groups excluding carboxylic acids is 1. The summed E-state index contributed by atoms with van der Waals surface area (Å²) in [5.41, 5.74) is 1.39. The van der Waals surface area contributed by atoms with E-state index in [0.29, 0.717) is 17.1 Å². The summed E-state index contributed by atoms with van der Waals surface area (Å²) >= 11 is 0. The van der Waals surface area contributed by atoms with E-state index in [9.17, 15) is 9.59 Å². The highest BCUT2D eigenvalue weighted by molar-refractivity contribution is 6.02. The summed E-state index contributed by atoms with van der Waals surface area (Å²) in [5, 5.41) is 9.06. The molecule has 5 heteroatoms. The van der Waals surface area contributed by atoms with Crippen LogP contribution in [0.15, 0.2) is 12.1 Å². The van der Waals surface area contributed by atoms with Gasteiger partial charge in [-0.1, -0.05) is 13.8 Å². The van der Waals surface area contributed by atoms with Crippen LogP contribution in [0.2, 0.25) is 0 Å². The molecule has 3 atom stereocenters. The number of rotatable bonds is 5. The van der Waals surface area contributed by atoms with Gasteiger partial charge in [0.1, 0.15) is 17.6 Å². The van der Waals surface area contributed by atoms with Crippen molar-refractivity contribution in [3.63, 3.8) is 0 Å². The van der Waals surface area contributed by atoms with Crippen molar-refractivity contribution in [2.45, 2.75) is 33.3 Å². The fourth-order valence-electron chi connectivity index (χ4n) is 2.49. The second-order valence-electron chi connectivity index (χ2n) is 5.57. The Balaban J connectivity index is 2.37. The van der Waals surface area contributed by atoms with Crippen LogP contribution in [0.5, 0.6) is 11.5 Å². The minimum atomic E-state index is -0.985. The van der Waals surface area contributed by atoms with Gasteiger partial charge in [-0.05, 0) is 19.1 Å². The number of benzene rings is 1. The molecule has 21 heavy (non-hydrogen) atoms. The van der Waals surface area contributed by atoms with E-state index in [1.54, 1.807) is 13.0 Å². The van der Waals surface area contributed by atoms with Gasteiger partial charge in [0.25, 0.3) is 0 Å². The van der Waals surface area contributed by atoms with Crippen molar-refractivity contribution in [3.05, 3.63) is 23.3 Å². The first kappa shape index (κ1) is 15.4. The number of methoxy groups -OCH3 is 1. The van der Waals surface area contributed by atoms with Gasteiger partial charge in [-0.2, -0.15) is 0 Å². The third kappa shape index (κ3) is 2.86. The van der Waals surface area contributed by atoms with Crippen molar-refractivity contribution in [3.8, 4) is 11.5 Å². The zero-order valence-electron chi connectivity index (χ0n) is 12.7. The average molecular weight is 292 g/mol. The van der Waals surface area contributed by atoms with Gasteiger partial charge >= 0.3 is 5.97 Å². The Morgan fingerprint density at radius 2 is 2.00 bits per heavy atom. The molecule has 5 nitrogen and oxygen atoms in total. The molecule has 0 radical (unpaired) electrons. The Hall–Kier alpha value is -2.04. The van der Waals surface area contributed by atoms with Crippen molar-refractivity contribution in [2.24, 2.45) is 11.8 Å². The Morgan fingerprint density at radius 3 is 2.57 bits per heavy atom. The van der Waals surface area contributed by atoms with E-state index in [-0.39, 0.29) is 11.9 Å². The summed E-state index contributed by atoms with van der Waals surface area (Å²) in [6, 6.07) is 3.48. The van der Waals surface area contributed by atoms with Gasteiger partial charge in [0.2, 0.25) is 0 Å². The molecule has 3 unspecified atom stereocenters. The highest BCUT2D eigenvalue weighted by Gasteiger charge is 2.30. The molecular weight excluding hydrogens is 272 g/mol. The number of hydrogen-bond donors (Lipinski definition) is 1. The van der Waals surface area contributed by atoms with Crippen molar-refractivity contribution in [1.82, 2.24) is 0 Å². The normalized spacial score (nSPS) is 19.3. The number of aliphatic carboxylic acids is 1. The average Bonchev–Trinajstić information content (AvgIpc) is 2.82. The summed E-state index contributed by atoms with van der Waals surface area (Å²) in [5.74, 6) is -1.46. The lowest BCUT2D eigenvalue weighted by Gasteiger charge is -2.17. The van der Waals surface area contributed by atoms with Crippen LogP contribution in [0.25, 0.3) is 0 Å². The highest BCUT2D eigenvalue weighted by Crippen LogP contribution is 2.36. The first-order chi connectivity index (χ1) is 9.85. The predicted octanol–water partition coefficient (Wildman–Crippen LogP) is 2.56. The van der Waals surface area contributed by atoms with Crippen LogP contribution in [0.3, 0.4) is 0 Å². The fourth-order valence-corrected chi connectivity index (χ4v) is 2.49. The maximum Gasteiger partial charge on any atom is 0.306 e. The van der Waals surface area contributed by atoms with Crippen LogP contribution in [-0.4, -0.2) is 30.1 Å². The van der Waals surface area contributed by atoms with Gasteiger partial charge < -0.3 is 14.6 Å². The summed E-state index contributed by atoms with van der Waals surface area (Å²) in [6.07, 6.45) is 0.853. The maximum absolute atomic E-state index is 12.6. The van der Waals surface area contributed by atoms with Crippen LogP contribution >= 0.6 is 0 Å².